The van der Waals surface area contributed by atoms with Crippen molar-refractivity contribution in [1.29, 1.82) is 0 Å². The number of esters is 1. The van der Waals surface area contributed by atoms with Gasteiger partial charge in [-0.3, -0.25) is 4.90 Å². The molecule has 0 amide bonds. The summed E-state index contributed by atoms with van der Waals surface area (Å²) in [7, 11) is 1.77. The van der Waals surface area contributed by atoms with Gasteiger partial charge in [0.1, 0.15) is 5.76 Å². The summed E-state index contributed by atoms with van der Waals surface area (Å²) in [5.74, 6) is 1.76. The van der Waals surface area contributed by atoms with Crippen molar-refractivity contribution < 1.29 is 14.3 Å². The number of hydrogen-bond acceptors (Lipinski definition) is 5. The summed E-state index contributed by atoms with van der Waals surface area (Å²) < 4.78 is 11.0. The summed E-state index contributed by atoms with van der Waals surface area (Å²) >= 11 is 0. The first-order chi connectivity index (χ1) is 15.0. The summed E-state index contributed by atoms with van der Waals surface area (Å²) in [5.41, 5.74) is 4.54. The van der Waals surface area contributed by atoms with Gasteiger partial charge < -0.3 is 14.8 Å². The van der Waals surface area contributed by atoms with E-state index in [4.69, 9.17) is 9.47 Å². The van der Waals surface area contributed by atoms with Crippen LogP contribution in [0, 0.1) is 11.8 Å². The first-order valence-corrected chi connectivity index (χ1v) is 11.4. The number of rotatable bonds is 6. The van der Waals surface area contributed by atoms with E-state index < -0.39 is 0 Å². The van der Waals surface area contributed by atoms with Gasteiger partial charge in [0.2, 0.25) is 0 Å². The molecule has 4 rings (SSSR count). The smallest absolute Gasteiger partial charge is 0.338 e. The molecule has 3 aliphatic rings. The van der Waals surface area contributed by atoms with Gasteiger partial charge in [-0.25, -0.2) is 4.79 Å². The summed E-state index contributed by atoms with van der Waals surface area (Å²) in [6.07, 6.45) is 8.85. The fraction of sp³-hybridized carbons (Fsp3) is 0.500. The zero-order valence-electron chi connectivity index (χ0n) is 19.1. The summed E-state index contributed by atoms with van der Waals surface area (Å²) in [5, 5.41) is 3.50. The number of carbonyl (C=O) groups excluding carboxylic acids is 1. The van der Waals surface area contributed by atoms with Crippen molar-refractivity contribution in [1.82, 2.24) is 10.2 Å². The average Bonchev–Trinajstić information content (AvgIpc) is 3.27. The zero-order chi connectivity index (χ0) is 22.0. The van der Waals surface area contributed by atoms with E-state index in [1.807, 2.05) is 19.1 Å². The number of benzene rings is 1. The third-order valence-corrected chi connectivity index (χ3v) is 6.88. The topological polar surface area (TPSA) is 50.8 Å². The van der Waals surface area contributed by atoms with Gasteiger partial charge in [0, 0.05) is 18.5 Å². The highest BCUT2D eigenvalue weighted by molar-refractivity contribution is 5.89. The molecule has 0 aromatic heterocycles. The van der Waals surface area contributed by atoms with E-state index in [0.29, 0.717) is 36.1 Å². The molecule has 1 N–H and O–H groups in total. The monoisotopic (exact) mass is 422 g/mol. The van der Waals surface area contributed by atoms with E-state index in [-0.39, 0.29) is 5.97 Å². The lowest BCUT2D eigenvalue weighted by Gasteiger charge is -2.41. The van der Waals surface area contributed by atoms with Gasteiger partial charge in [0.15, 0.2) is 0 Å². The lowest BCUT2D eigenvalue weighted by atomic mass is 9.82. The van der Waals surface area contributed by atoms with Gasteiger partial charge in [-0.1, -0.05) is 25.1 Å². The second kappa shape index (κ2) is 9.31. The molecular formula is C26H34N2O3. The number of carbonyl (C=O) groups is 1. The SMILES string of the molecule is CCOC(=O)c1ccc(C2C[C@H](C)CCN2CC2=C(OC)C=C(C)C3NC=CC23)cc1. The number of methoxy groups -OCH3 is 1. The molecule has 5 nitrogen and oxygen atoms in total. The van der Waals surface area contributed by atoms with Crippen molar-refractivity contribution in [2.24, 2.45) is 11.8 Å². The Labute approximate surface area is 185 Å². The number of nitrogens with one attached hydrogen (secondary N) is 1. The van der Waals surface area contributed by atoms with Gasteiger partial charge in [-0.2, -0.15) is 0 Å². The van der Waals surface area contributed by atoms with Gasteiger partial charge in [0.25, 0.3) is 0 Å². The normalized spacial score (nSPS) is 28.1. The average molecular weight is 423 g/mol. The Morgan fingerprint density at radius 2 is 2.03 bits per heavy atom. The molecule has 1 fully saturated rings. The van der Waals surface area contributed by atoms with Crippen LogP contribution in [0.4, 0.5) is 0 Å². The number of fused-ring (bicyclic) bond motifs is 1. The fourth-order valence-corrected chi connectivity index (χ4v) is 5.14. The predicted molar refractivity (Wildman–Crippen MR) is 122 cm³/mol. The number of piperidine rings is 1. The first-order valence-electron chi connectivity index (χ1n) is 11.4. The Kier molecular flexibility index (Phi) is 6.51. The van der Waals surface area contributed by atoms with Crippen LogP contribution in [0.15, 0.2) is 59.5 Å². The molecule has 0 bridgehead atoms. The number of hydrogen-bond donors (Lipinski definition) is 1. The lowest BCUT2D eigenvalue weighted by Crippen LogP contribution is -2.41. The van der Waals surface area contributed by atoms with Crippen molar-refractivity contribution in [3.8, 4) is 0 Å². The van der Waals surface area contributed by atoms with Crippen molar-refractivity contribution in [2.45, 2.75) is 45.7 Å². The maximum Gasteiger partial charge on any atom is 0.338 e. The highest BCUT2D eigenvalue weighted by atomic mass is 16.5. The van der Waals surface area contributed by atoms with Crippen LogP contribution in [0.3, 0.4) is 0 Å². The Morgan fingerprint density at radius 1 is 1.26 bits per heavy atom. The number of ether oxygens (including phenoxy) is 2. The molecule has 4 atom stereocenters. The third-order valence-electron chi connectivity index (χ3n) is 6.88. The van der Waals surface area contributed by atoms with E-state index in [1.54, 1.807) is 7.11 Å². The van der Waals surface area contributed by atoms with Gasteiger partial charge in [-0.05, 0) is 80.3 Å². The van der Waals surface area contributed by atoms with E-state index in [9.17, 15) is 4.79 Å². The van der Waals surface area contributed by atoms with Crippen LogP contribution < -0.4 is 5.32 Å². The van der Waals surface area contributed by atoms with Gasteiger partial charge in [0.05, 0.1) is 25.3 Å². The van der Waals surface area contributed by atoms with Crippen molar-refractivity contribution in [3.05, 3.63) is 70.6 Å². The Balaban J connectivity index is 1.59. The van der Waals surface area contributed by atoms with E-state index >= 15 is 0 Å². The van der Waals surface area contributed by atoms with E-state index in [0.717, 1.165) is 25.3 Å². The molecule has 5 heteroatoms. The molecule has 31 heavy (non-hydrogen) atoms. The van der Waals surface area contributed by atoms with Crippen LogP contribution in [0.2, 0.25) is 0 Å². The molecule has 1 saturated heterocycles. The number of allylic oxidation sites excluding steroid dienone is 1. The van der Waals surface area contributed by atoms with E-state index in [2.05, 4.69) is 54.5 Å². The minimum atomic E-state index is -0.256. The van der Waals surface area contributed by atoms with Crippen LogP contribution in [-0.2, 0) is 9.47 Å². The highest BCUT2D eigenvalue weighted by Crippen LogP contribution is 2.39. The Hall–Kier alpha value is -2.53. The molecule has 1 aliphatic carbocycles. The Bertz CT molecular complexity index is 900. The molecule has 0 spiro atoms. The first kappa shape index (κ1) is 21.7. The molecule has 1 aromatic carbocycles. The number of likely N-dealkylation sites (tertiary alicyclic amines) is 1. The van der Waals surface area contributed by atoms with Gasteiger partial charge in [-0.15, -0.1) is 0 Å². The second-order valence-electron chi connectivity index (χ2n) is 8.97. The standard InChI is InChI=1S/C26H34N2O3/c1-5-31-26(29)20-8-6-19(7-9-20)23-14-17(2)11-13-28(23)16-22-21-10-12-27-25(21)18(3)15-24(22)30-4/h6-10,12,15,17,21,23,25,27H,5,11,13-14,16H2,1-4H3/t17-,21?,23?,25?/m1/s1. The summed E-state index contributed by atoms with van der Waals surface area (Å²) in [6, 6.07) is 8.65. The molecule has 3 unspecified atom stereocenters. The van der Waals surface area contributed by atoms with Crippen LogP contribution in [0.1, 0.15) is 55.6 Å². The predicted octanol–water partition coefficient (Wildman–Crippen LogP) is 4.60. The molecular weight excluding hydrogens is 388 g/mol. The van der Waals surface area contributed by atoms with Crippen molar-refractivity contribution in [3.63, 3.8) is 0 Å². The molecule has 1 aromatic rings. The zero-order valence-corrected chi connectivity index (χ0v) is 19.1. The molecule has 166 valence electrons. The molecule has 2 aliphatic heterocycles. The molecule has 0 saturated carbocycles. The van der Waals surface area contributed by atoms with Crippen molar-refractivity contribution >= 4 is 5.97 Å². The van der Waals surface area contributed by atoms with Crippen LogP contribution in [0.5, 0.6) is 0 Å². The fourth-order valence-electron chi connectivity index (χ4n) is 5.14. The van der Waals surface area contributed by atoms with Crippen LogP contribution >= 0.6 is 0 Å². The molecule has 0 radical (unpaired) electrons. The van der Waals surface area contributed by atoms with Gasteiger partial charge >= 0.3 is 5.97 Å². The largest absolute Gasteiger partial charge is 0.497 e. The van der Waals surface area contributed by atoms with E-state index in [1.165, 1.54) is 23.1 Å². The third kappa shape index (κ3) is 4.42. The minimum Gasteiger partial charge on any atom is -0.497 e. The number of nitrogens with zero attached hydrogens (tertiary/aromatic N) is 1. The van der Waals surface area contributed by atoms with Crippen LogP contribution in [0.25, 0.3) is 0 Å². The van der Waals surface area contributed by atoms with Crippen LogP contribution in [-0.4, -0.2) is 43.7 Å². The quantitative estimate of drug-likeness (QED) is 0.679. The maximum absolute atomic E-state index is 12.0. The molecule has 2 heterocycles. The summed E-state index contributed by atoms with van der Waals surface area (Å²) in [6.45, 7) is 8.68. The maximum atomic E-state index is 12.0. The highest BCUT2D eigenvalue weighted by Gasteiger charge is 2.36. The second-order valence-corrected chi connectivity index (χ2v) is 8.97. The minimum absolute atomic E-state index is 0.256. The summed E-state index contributed by atoms with van der Waals surface area (Å²) in [4.78, 5) is 14.6. The Morgan fingerprint density at radius 3 is 2.74 bits per heavy atom. The lowest BCUT2D eigenvalue weighted by molar-refractivity contribution is 0.0526. The van der Waals surface area contributed by atoms with Crippen molar-refractivity contribution in [2.75, 3.05) is 26.8 Å².